The molecule has 25 heavy (non-hydrogen) atoms. The topological polar surface area (TPSA) is 49.6 Å². The van der Waals surface area contributed by atoms with E-state index in [1.807, 2.05) is 12.1 Å². The van der Waals surface area contributed by atoms with Gasteiger partial charge < -0.3 is 10.4 Å². The summed E-state index contributed by atoms with van der Waals surface area (Å²) in [6.07, 6.45) is 9.57. The molecular formula is C21H25N3O. The molecule has 0 atom stereocenters. The van der Waals surface area contributed by atoms with E-state index in [-0.39, 0.29) is 5.75 Å². The predicted octanol–water partition coefficient (Wildman–Crippen LogP) is 5.01. The standard InChI is InChI=1S/C21H25N3O/c1-2-15-8-13-19-23-20(16-9-11-18(25)12-10-16)21(24(19)14-15)22-17-6-4-3-5-7-17/h8-14,17,22,25H,2-7H2,1H3. The van der Waals surface area contributed by atoms with E-state index < -0.39 is 0 Å². The smallest absolute Gasteiger partial charge is 0.139 e. The molecular weight excluding hydrogens is 310 g/mol. The fraction of sp³-hybridized carbons (Fsp3) is 0.381. The van der Waals surface area contributed by atoms with Crippen LogP contribution in [0.25, 0.3) is 16.9 Å². The fourth-order valence-electron chi connectivity index (χ4n) is 3.70. The maximum atomic E-state index is 9.60. The lowest BCUT2D eigenvalue weighted by molar-refractivity contribution is 0.461. The van der Waals surface area contributed by atoms with Gasteiger partial charge >= 0.3 is 0 Å². The van der Waals surface area contributed by atoms with Crippen molar-refractivity contribution in [1.82, 2.24) is 9.38 Å². The minimum atomic E-state index is 0.280. The van der Waals surface area contributed by atoms with Crippen LogP contribution in [0.15, 0.2) is 42.6 Å². The first-order chi connectivity index (χ1) is 12.2. The number of fused-ring (bicyclic) bond motifs is 1. The molecule has 3 aromatic rings. The molecule has 1 aliphatic rings. The quantitative estimate of drug-likeness (QED) is 0.704. The first kappa shape index (κ1) is 16.0. The zero-order valence-electron chi connectivity index (χ0n) is 14.7. The lowest BCUT2D eigenvalue weighted by Crippen LogP contribution is -2.23. The number of aryl methyl sites for hydroxylation is 1. The molecule has 4 nitrogen and oxygen atoms in total. The molecule has 0 bridgehead atoms. The Kier molecular flexibility index (Phi) is 4.35. The molecule has 0 saturated heterocycles. The molecule has 0 amide bonds. The number of hydrogen-bond acceptors (Lipinski definition) is 3. The average Bonchev–Trinajstić information content (AvgIpc) is 3.01. The number of phenolic OH excluding ortho intramolecular Hbond substituents is 1. The second-order valence-corrected chi connectivity index (χ2v) is 6.95. The van der Waals surface area contributed by atoms with E-state index in [2.05, 4.69) is 35.0 Å². The molecule has 1 aromatic carbocycles. The van der Waals surface area contributed by atoms with Crippen LogP contribution >= 0.6 is 0 Å². The third-order valence-corrected chi connectivity index (χ3v) is 5.17. The molecule has 4 rings (SSSR count). The summed E-state index contributed by atoms with van der Waals surface area (Å²) in [5, 5.41) is 13.4. The van der Waals surface area contributed by atoms with Crippen LogP contribution in [0.1, 0.15) is 44.6 Å². The summed E-state index contributed by atoms with van der Waals surface area (Å²) in [6.45, 7) is 2.17. The summed E-state index contributed by atoms with van der Waals surface area (Å²) in [7, 11) is 0. The van der Waals surface area contributed by atoms with Crippen LogP contribution in [0, 0.1) is 0 Å². The summed E-state index contributed by atoms with van der Waals surface area (Å²) in [4.78, 5) is 4.87. The van der Waals surface area contributed by atoms with Crippen molar-refractivity contribution in [2.45, 2.75) is 51.5 Å². The predicted molar refractivity (Wildman–Crippen MR) is 102 cm³/mol. The van der Waals surface area contributed by atoms with Gasteiger partial charge in [-0.15, -0.1) is 0 Å². The minimum absolute atomic E-state index is 0.280. The van der Waals surface area contributed by atoms with Crippen molar-refractivity contribution in [3.05, 3.63) is 48.2 Å². The van der Waals surface area contributed by atoms with Gasteiger partial charge in [-0.05, 0) is 55.2 Å². The SMILES string of the molecule is CCc1ccc2nc(-c3ccc(O)cc3)c(NC3CCCCC3)n2c1. The van der Waals surface area contributed by atoms with Crippen LogP contribution < -0.4 is 5.32 Å². The molecule has 0 radical (unpaired) electrons. The van der Waals surface area contributed by atoms with Gasteiger partial charge in [0, 0.05) is 17.8 Å². The van der Waals surface area contributed by atoms with E-state index in [0.717, 1.165) is 29.1 Å². The Bertz CT molecular complexity index is 861. The highest BCUT2D eigenvalue weighted by Gasteiger charge is 2.19. The van der Waals surface area contributed by atoms with Gasteiger partial charge in [-0.3, -0.25) is 4.40 Å². The zero-order valence-corrected chi connectivity index (χ0v) is 14.7. The highest BCUT2D eigenvalue weighted by molar-refractivity contribution is 5.77. The zero-order chi connectivity index (χ0) is 17.2. The van der Waals surface area contributed by atoms with Gasteiger partial charge in [0.15, 0.2) is 0 Å². The number of pyridine rings is 1. The number of nitrogens with zero attached hydrogens (tertiary/aromatic N) is 2. The molecule has 1 fully saturated rings. The van der Waals surface area contributed by atoms with E-state index in [4.69, 9.17) is 4.98 Å². The average molecular weight is 335 g/mol. The summed E-state index contributed by atoms with van der Waals surface area (Å²) >= 11 is 0. The number of hydrogen-bond donors (Lipinski definition) is 2. The molecule has 0 aliphatic heterocycles. The summed E-state index contributed by atoms with van der Waals surface area (Å²) in [5.74, 6) is 1.35. The monoisotopic (exact) mass is 335 g/mol. The van der Waals surface area contributed by atoms with E-state index in [1.165, 1.54) is 37.7 Å². The Morgan fingerprint density at radius 2 is 1.84 bits per heavy atom. The minimum Gasteiger partial charge on any atom is -0.508 e. The number of aromatic hydroxyl groups is 1. The molecule has 4 heteroatoms. The summed E-state index contributed by atoms with van der Waals surface area (Å²) in [6, 6.07) is 12.1. The van der Waals surface area contributed by atoms with E-state index in [0.29, 0.717) is 6.04 Å². The molecule has 1 aliphatic carbocycles. The number of imidazole rings is 1. The highest BCUT2D eigenvalue weighted by Crippen LogP contribution is 2.32. The second-order valence-electron chi connectivity index (χ2n) is 6.95. The van der Waals surface area contributed by atoms with Gasteiger partial charge in [-0.25, -0.2) is 4.98 Å². The second kappa shape index (κ2) is 6.79. The third kappa shape index (κ3) is 3.21. The van der Waals surface area contributed by atoms with Crippen LogP contribution in [-0.4, -0.2) is 20.5 Å². The molecule has 2 N–H and O–H groups in total. The van der Waals surface area contributed by atoms with Crippen molar-refractivity contribution < 1.29 is 5.11 Å². The molecule has 130 valence electrons. The fourth-order valence-corrected chi connectivity index (χ4v) is 3.70. The highest BCUT2D eigenvalue weighted by atomic mass is 16.3. The molecule has 2 aromatic heterocycles. The van der Waals surface area contributed by atoms with Crippen molar-refractivity contribution in [2.24, 2.45) is 0 Å². The van der Waals surface area contributed by atoms with Gasteiger partial charge in [0.25, 0.3) is 0 Å². The maximum Gasteiger partial charge on any atom is 0.139 e. The number of aromatic nitrogens is 2. The number of nitrogens with one attached hydrogen (secondary N) is 1. The van der Waals surface area contributed by atoms with Crippen LogP contribution in [0.2, 0.25) is 0 Å². The van der Waals surface area contributed by atoms with Gasteiger partial charge in [-0.2, -0.15) is 0 Å². The molecule has 0 unspecified atom stereocenters. The largest absolute Gasteiger partial charge is 0.508 e. The van der Waals surface area contributed by atoms with E-state index >= 15 is 0 Å². The van der Waals surface area contributed by atoms with Crippen LogP contribution in [0.3, 0.4) is 0 Å². The Morgan fingerprint density at radius 3 is 2.56 bits per heavy atom. The lowest BCUT2D eigenvalue weighted by Gasteiger charge is -2.24. The number of benzene rings is 1. The van der Waals surface area contributed by atoms with Crippen molar-refractivity contribution in [2.75, 3.05) is 5.32 Å². The van der Waals surface area contributed by atoms with Crippen molar-refractivity contribution >= 4 is 11.5 Å². The van der Waals surface area contributed by atoms with Gasteiger partial charge in [0.2, 0.25) is 0 Å². The van der Waals surface area contributed by atoms with Gasteiger partial charge in [0.05, 0.1) is 0 Å². The number of anilines is 1. The van der Waals surface area contributed by atoms with Crippen molar-refractivity contribution in [1.29, 1.82) is 0 Å². The van der Waals surface area contributed by atoms with E-state index in [1.54, 1.807) is 12.1 Å². The van der Waals surface area contributed by atoms with Gasteiger partial charge in [0.1, 0.15) is 22.9 Å². The summed E-state index contributed by atoms with van der Waals surface area (Å²) < 4.78 is 2.19. The molecule has 2 heterocycles. The summed E-state index contributed by atoms with van der Waals surface area (Å²) in [5.41, 5.74) is 4.24. The Hall–Kier alpha value is -2.49. The molecule has 0 spiro atoms. The number of phenols is 1. The normalized spacial score (nSPS) is 15.6. The Balaban J connectivity index is 1.82. The van der Waals surface area contributed by atoms with Crippen molar-refractivity contribution in [3.63, 3.8) is 0 Å². The van der Waals surface area contributed by atoms with Crippen LogP contribution in [-0.2, 0) is 6.42 Å². The number of rotatable bonds is 4. The van der Waals surface area contributed by atoms with Crippen LogP contribution in [0.4, 0.5) is 5.82 Å². The lowest BCUT2D eigenvalue weighted by atomic mass is 9.95. The van der Waals surface area contributed by atoms with Crippen LogP contribution in [0.5, 0.6) is 5.75 Å². The first-order valence-electron chi connectivity index (χ1n) is 9.31. The van der Waals surface area contributed by atoms with Crippen molar-refractivity contribution in [3.8, 4) is 17.0 Å². The first-order valence-corrected chi connectivity index (χ1v) is 9.31. The Labute approximate surface area is 148 Å². The van der Waals surface area contributed by atoms with Gasteiger partial charge in [-0.1, -0.05) is 32.3 Å². The molecule has 1 saturated carbocycles. The third-order valence-electron chi connectivity index (χ3n) is 5.17. The van der Waals surface area contributed by atoms with E-state index in [9.17, 15) is 5.11 Å². The maximum absolute atomic E-state index is 9.60. The Morgan fingerprint density at radius 1 is 1.08 bits per heavy atom.